The second-order valence-electron chi connectivity index (χ2n) is 6.69. The molecule has 27 heavy (non-hydrogen) atoms. The van der Waals surface area contributed by atoms with Crippen molar-refractivity contribution < 1.29 is 9.59 Å². The lowest BCUT2D eigenvalue weighted by molar-refractivity contribution is -0.129. The topological polar surface area (TPSA) is 93.0 Å². The largest absolute Gasteiger partial charge is 0.350 e. The molecule has 3 heterocycles. The third-order valence-corrected chi connectivity index (χ3v) is 5.68. The summed E-state index contributed by atoms with van der Waals surface area (Å²) in [6.07, 6.45) is 8.45. The van der Waals surface area contributed by atoms with Crippen molar-refractivity contribution in [2.45, 2.75) is 24.9 Å². The zero-order valence-electron chi connectivity index (χ0n) is 15.6. The summed E-state index contributed by atoms with van der Waals surface area (Å²) >= 11 is 1.46. The Labute approximate surface area is 162 Å². The van der Waals surface area contributed by atoms with E-state index < -0.39 is 0 Å². The van der Waals surface area contributed by atoms with Gasteiger partial charge in [-0.25, -0.2) is 9.97 Å². The van der Waals surface area contributed by atoms with Crippen molar-refractivity contribution in [1.82, 2.24) is 29.7 Å². The fraction of sp³-hybridized carbons (Fsp3) is 0.500. The molecule has 0 saturated carbocycles. The van der Waals surface area contributed by atoms with Crippen LogP contribution in [0.4, 0.5) is 0 Å². The minimum atomic E-state index is -0.201. The van der Waals surface area contributed by atoms with Crippen LogP contribution in [0.25, 0.3) is 0 Å². The highest BCUT2D eigenvalue weighted by Gasteiger charge is 2.23. The molecule has 2 aromatic rings. The Hall–Kier alpha value is -2.42. The van der Waals surface area contributed by atoms with E-state index in [2.05, 4.69) is 20.3 Å². The van der Waals surface area contributed by atoms with E-state index in [1.807, 2.05) is 29.6 Å². The van der Waals surface area contributed by atoms with Gasteiger partial charge in [-0.1, -0.05) is 11.8 Å². The van der Waals surface area contributed by atoms with Crippen molar-refractivity contribution in [1.29, 1.82) is 0 Å². The molecule has 0 aromatic carbocycles. The van der Waals surface area contributed by atoms with E-state index in [0.29, 0.717) is 23.9 Å². The summed E-state index contributed by atoms with van der Waals surface area (Å²) < 4.78 is 1.91. The number of imidazole rings is 1. The number of amides is 2. The molecule has 0 unspecified atom stereocenters. The minimum Gasteiger partial charge on any atom is -0.350 e. The monoisotopic (exact) mass is 388 g/mol. The molecule has 1 saturated heterocycles. The Morgan fingerprint density at radius 1 is 1.22 bits per heavy atom. The van der Waals surface area contributed by atoms with Gasteiger partial charge in [0.15, 0.2) is 5.16 Å². The molecule has 9 heteroatoms. The average molecular weight is 388 g/mol. The lowest BCUT2D eigenvalue weighted by atomic mass is 9.97. The first-order chi connectivity index (χ1) is 13.0. The van der Waals surface area contributed by atoms with Crippen molar-refractivity contribution in [3.8, 4) is 0 Å². The lowest BCUT2D eigenvalue weighted by Crippen LogP contribution is -2.42. The fourth-order valence-corrected chi connectivity index (χ4v) is 3.77. The quantitative estimate of drug-likeness (QED) is 0.750. The highest BCUT2D eigenvalue weighted by molar-refractivity contribution is 7.99. The zero-order valence-corrected chi connectivity index (χ0v) is 16.4. The summed E-state index contributed by atoms with van der Waals surface area (Å²) in [5.41, 5.74) is 1.11. The molecule has 0 radical (unpaired) electrons. The van der Waals surface area contributed by atoms with Crippen molar-refractivity contribution in [3.63, 3.8) is 0 Å². The Bertz CT molecular complexity index is 783. The van der Waals surface area contributed by atoms with Gasteiger partial charge in [-0.15, -0.1) is 0 Å². The normalized spacial score (nSPS) is 15.0. The van der Waals surface area contributed by atoms with Crippen LogP contribution in [0, 0.1) is 12.8 Å². The highest BCUT2D eigenvalue weighted by Crippen LogP contribution is 2.20. The van der Waals surface area contributed by atoms with Crippen molar-refractivity contribution >= 4 is 23.6 Å². The van der Waals surface area contributed by atoms with Crippen LogP contribution in [0.1, 0.15) is 29.0 Å². The van der Waals surface area contributed by atoms with Crippen LogP contribution < -0.4 is 5.32 Å². The first-order valence-corrected chi connectivity index (χ1v) is 9.96. The van der Waals surface area contributed by atoms with Crippen LogP contribution in [-0.2, 0) is 11.8 Å². The first-order valence-electron chi connectivity index (χ1n) is 8.97. The van der Waals surface area contributed by atoms with Gasteiger partial charge in [0, 0.05) is 45.3 Å². The van der Waals surface area contributed by atoms with Gasteiger partial charge in [0.25, 0.3) is 5.91 Å². The molecule has 2 amide bonds. The predicted octanol–water partition coefficient (Wildman–Crippen LogP) is 1.28. The number of carbonyl (C=O) groups is 2. The molecular formula is C18H24N6O2S. The number of nitrogens with one attached hydrogen (secondary N) is 1. The molecule has 3 rings (SSSR count). The van der Waals surface area contributed by atoms with Gasteiger partial charge in [-0.3, -0.25) is 14.6 Å². The third-order valence-electron chi connectivity index (χ3n) is 4.63. The number of carbonyl (C=O) groups excluding carboxylic acids is 2. The van der Waals surface area contributed by atoms with E-state index in [0.717, 1.165) is 36.8 Å². The molecule has 1 fully saturated rings. The maximum Gasteiger partial charge on any atom is 0.271 e. The number of likely N-dealkylation sites (tertiary alicyclic amines) is 1. The molecule has 0 spiro atoms. The van der Waals surface area contributed by atoms with E-state index >= 15 is 0 Å². The number of rotatable bonds is 6. The molecule has 1 N–H and O–H groups in total. The Morgan fingerprint density at radius 3 is 2.63 bits per heavy atom. The molecular weight excluding hydrogens is 364 g/mol. The van der Waals surface area contributed by atoms with Gasteiger partial charge in [0.05, 0.1) is 17.6 Å². The van der Waals surface area contributed by atoms with Crippen LogP contribution in [0.2, 0.25) is 0 Å². The second kappa shape index (κ2) is 8.98. The van der Waals surface area contributed by atoms with Gasteiger partial charge >= 0.3 is 0 Å². The van der Waals surface area contributed by atoms with Crippen molar-refractivity contribution in [2.75, 3.05) is 25.4 Å². The highest BCUT2D eigenvalue weighted by atomic mass is 32.2. The maximum absolute atomic E-state index is 12.4. The number of aryl methyl sites for hydroxylation is 2. The Kier molecular flexibility index (Phi) is 6.44. The first kappa shape index (κ1) is 19.3. The lowest BCUT2D eigenvalue weighted by Gasteiger charge is -2.32. The fourth-order valence-electron chi connectivity index (χ4n) is 2.93. The summed E-state index contributed by atoms with van der Waals surface area (Å²) in [6.45, 7) is 3.88. The summed E-state index contributed by atoms with van der Waals surface area (Å²) in [5.74, 6) is 0.713. The number of aromatic nitrogens is 4. The van der Waals surface area contributed by atoms with Gasteiger partial charge in [-0.05, 0) is 25.7 Å². The van der Waals surface area contributed by atoms with E-state index in [9.17, 15) is 9.59 Å². The predicted molar refractivity (Wildman–Crippen MR) is 102 cm³/mol. The van der Waals surface area contributed by atoms with Gasteiger partial charge in [0.1, 0.15) is 5.69 Å². The number of hydrogen-bond donors (Lipinski definition) is 1. The van der Waals surface area contributed by atoms with E-state index in [-0.39, 0.29) is 11.8 Å². The van der Waals surface area contributed by atoms with E-state index in [1.165, 1.54) is 18.0 Å². The van der Waals surface area contributed by atoms with Gasteiger partial charge in [-0.2, -0.15) is 0 Å². The van der Waals surface area contributed by atoms with E-state index in [4.69, 9.17) is 0 Å². The smallest absolute Gasteiger partial charge is 0.271 e. The molecule has 0 atom stereocenters. The van der Waals surface area contributed by atoms with Crippen LogP contribution in [0.5, 0.6) is 0 Å². The van der Waals surface area contributed by atoms with Crippen molar-refractivity contribution in [2.24, 2.45) is 13.0 Å². The van der Waals surface area contributed by atoms with Crippen LogP contribution >= 0.6 is 11.8 Å². The number of thioether (sulfide) groups is 1. The standard InChI is InChI=1S/C18H24N6O2S/c1-13-9-21-15(11-20-13)17(26)22-10-14-3-6-24(7-4-14)16(25)12-27-18-19-5-8-23(18)2/h5,8-9,11,14H,3-4,6-7,10,12H2,1-2H3,(H,22,26). The summed E-state index contributed by atoms with van der Waals surface area (Å²) in [4.78, 5) is 38.8. The zero-order chi connectivity index (χ0) is 19.2. The Balaban J connectivity index is 1.38. The molecule has 0 bridgehead atoms. The summed E-state index contributed by atoms with van der Waals surface area (Å²) in [6, 6.07) is 0. The van der Waals surface area contributed by atoms with Crippen LogP contribution in [0.3, 0.4) is 0 Å². The van der Waals surface area contributed by atoms with Crippen LogP contribution in [0.15, 0.2) is 29.9 Å². The number of hydrogen-bond acceptors (Lipinski definition) is 6. The maximum atomic E-state index is 12.4. The molecule has 0 aliphatic carbocycles. The second-order valence-corrected chi connectivity index (χ2v) is 7.63. The van der Waals surface area contributed by atoms with Gasteiger partial charge in [0.2, 0.25) is 5.91 Å². The molecule has 144 valence electrons. The Morgan fingerprint density at radius 2 is 2.00 bits per heavy atom. The van der Waals surface area contributed by atoms with E-state index in [1.54, 1.807) is 12.4 Å². The molecule has 2 aromatic heterocycles. The molecule has 1 aliphatic heterocycles. The molecule has 1 aliphatic rings. The SMILES string of the molecule is Cc1cnc(C(=O)NCC2CCN(C(=O)CSc3nccn3C)CC2)cn1. The van der Waals surface area contributed by atoms with Gasteiger partial charge < -0.3 is 14.8 Å². The van der Waals surface area contributed by atoms with Crippen LogP contribution in [-0.4, -0.2) is 61.6 Å². The summed E-state index contributed by atoms with van der Waals surface area (Å²) in [7, 11) is 1.92. The number of nitrogens with zero attached hydrogens (tertiary/aromatic N) is 5. The molecule has 8 nitrogen and oxygen atoms in total. The third kappa shape index (κ3) is 5.29. The summed E-state index contributed by atoms with van der Waals surface area (Å²) in [5, 5.41) is 3.77. The van der Waals surface area contributed by atoms with Crippen molar-refractivity contribution in [3.05, 3.63) is 36.2 Å². The average Bonchev–Trinajstić information content (AvgIpc) is 3.10. The number of piperidine rings is 1. The minimum absolute atomic E-state index is 0.139.